The quantitative estimate of drug-likeness (QED) is 0.611. The van der Waals surface area contributed by atoms with Crippen LogP contribution in [0.25, 0.3) is 0 Å². The summed E-state index contributed by atoms with van der Waals surface area (Å²) >= 11 is 0. The zero-order valence-corrected chi connectivity index (χ0v) is 18.7. The number of carbonyl (C=O) groups is 1. The molecule has 4 rings (SSSR count). The first-order valence-electron chi connectivity index (χ1n) is 11.7. The fourth-order valence-electron chi connectivity index (χ4n) is 4.83. The van der Waals surface area contributed by atoms with Gasteiger partial charge in [0.15, 0.2) is 0 Å². The second-order valence-electron chi connectivity index (χ2n) is 8.88. The highest BCUT2D eigenvalue weighted by atomic mass is 19.1. The van der Waals surface area contributed by atoms with E-state index in [0.29, 0.717) is 17.4 Å². The number of hydrogen-bond donors (Lipinski definition) is 1. The van der Waals surface area contributed by atoms with Crippen LogP contribution in [0, 0.1) is 17.7 Å². The molecule has 1 saturated heterocycles. The molecule has 0 spiro atoms. The highest BCUT2D eigenvalue weighted by Gasteiger charge is 2.37. The van der Waals surface area contributed by atoms with Crippen molar-refractivity contribution in [1.29, 1.82) is 0 Å². The van der Waals surface area contributed by atoms with Crippen LogP contribution in [0.15, 0.2) is 48.5 Å². The summed E-state index contributed by atoms with van der Waals surface area (Å²) in [5.74, 6) is 0.430. The van der Waals surface area contributed by atoms with Gasteiger partial charge in [0, 0.05) is 43.8 Å². The minimum absolute atomic E-state index is 0.0279. The van der Waals surface area contributed by atoms with E-state index in [2.05, 4.69) is 45.4 Å². The molecule has 1 heterocycles. The first-order chi connectivity index (χ1) is 15.1. The van der Waals surface area contributed by atoms with Crippen LogP contribution in [-0.4, -0.2) is 37.0 Å². The summed E-state index contributed by atoms with van der Waals surface area (Å²) in [6.07, 6.45) is 4.19. The van der Waals surface area contributed by atoms with Crippen molar-refractivity contribution in [2.45, 2.75) is 45.6 Å². The predicted molar refractivity (Wildman–Crippen MR) is 125 cm³/mol. The number of carbonyl (C=O) groups excluding carboxylic acids is 1. The van der Waals surface area contributed by atoms with E-state index in [4.69, 9.17) is 0 Å². The summed E-state index contributed by atoms with van der Waals surface area (Å²) in [7, 11) is 0. The maximum Gasteiger partial charge on any atom is 0.227 e. The van der Waals surface area contributed by atoms with Crippen molar-refractivity contribution in [3.8, 4) is 0 Å². The smallest absolute Gasteiger partial charge is 0.227 e. The number of anilines is 2. The summed E-state index contributed by atoms with van der Waals surface area (Å²) < 4.78 is 14.9. The number of nitrogens with zero attached hydrogens (tertiary/aromatic N) is 2. The molecule has 1 saturated carbocycles. The minimum atomic E-state index is -0.266. The third-order valence-electron chi connectivity index (χ3n) is 6.83. The van der Waals surface area contributed by atoms with E-state index in [1.807, 2.05) is 26.0 Å². The molecule has 31 heavy (non-hydrogen) atoms. The molecule has 2 aliphatic rings. The Kier molecular flexibility index (Phi) is 6.91. The van der Waals surface area contributed by atoms with Gasteiger partial charge in [0.05, 0.1) is 5.69 Å². The third kappa shape index (κ3) is 5.09. The van der Waals surface area contributed by atoms with Gasteiger partial charge in [0.1, 0.15) is 5.82 Å². The fourth-order valence-corrected chi connectivity index (χ4v) is 4.83. The molecule has 2 aromatic rings. The topological polar surface area (TPSA) is 35.6 Å². The molecule has 0 aromatic heterocycles. The number of hydrogen-bond acceptors (Lipinski definition) is 3. The molecule has 1 unspecified atom stereocenters. The van der Waals surface area contributed by atoms with Crippen LogP contribution < -0.4 is 10.2 Å². The van der Waals surface area contributed by atoms with Crippen molar-refractivity contribution in [3.05, 3.63) is 59.9 Å². The normalized spacial score (nSPS) is 18.3. The zero-order valence-electron chi connectivity index (χ0n) is 18.7. The van der Waals surface area contributed by atoms with Crippen molar-refractivity contribution < 1.29 is 9.18 Å². The molecular formula is C26H34FN3O. The highest BCUT2D eigenvalue weighted by Crippen LogP contribution is 2.45. The molecule has 1 aliphatic carbocycles. The van der Waals surface area contributed by atoms with Crippen LogP contribution in [0.4, 0.5) is 15.8 Å². The van der Waals surface area contributed by atoms with Crippen LogP contribution in [0.2, 0.25) is 0 Å². The summed E-state index contributed by atoms with van der Waals surface area (Å²) in [5, 5.41) is 2.87. The lowest BCUT2D eigenvalue weighted by Gasteiger charge is -2.40. The number of amides is 1. The Labute approximate surface area is 185 Å². The number of benzene rings is 2. The largest absolute Gasteiger partial charge is 0.367 e. The fraction of sp³-hybridized carbons (Fsp3) is 0.500. The van der Waals surface area contributed by atoms with E-state index in [0.717, 1.165) is 44.9 Å². The molecule has 1 amide bonds. The Morgan fingerprint density at radius 2 is 1.71 bits per heavy atom. The summed E-state index contributed by atoms with van der Waals surface area (Å²) in [5.41, 5.74) is 2.57. The van der Waals surface area contributed by atoms with Crippen molar-refractivity contribution >= 4 is 17.3 Å². The van der Waals surface area contributed by atoms with Gasteiger partial charge in [-0.3, -0.25) is 9.69 Å². The zero-order chi connectivity index (χ0) is 21.8. The molecule has 0 radical (unpaired) electrons. The number of nitrogens with one attached hydrogen (secondary N) is 1. The lowest BCUT2D eigenvalue weighted by atomic mass is 9.99. The monoisotopic (exact) mass is 423 g/mol. The lowest BCUT2D eigenvalue weighted by molar-refractivity contribution is -0.120. The van der Waals surface area contributed by atoms with Crippen LogP contribution in [0.3, 0.4) is 0 Å². The Bertz CT molecular complexity index is 871. The summed E-state index contributed by atoms with van der Waals surface area (Å²) in [4.78, 5) is 17.0. The van der Waals surface area contributed by atoms with Crippen LogP contribution in [0.1, 0.15) is 51.1 Å². The highest BCUT2D eigenvalue weighted by molar-refractivity contribution is 5.92. The van der Waals surface area contributed by atoms with Gasteiger partial charge >= 0.3 is 0 Å². The Morgan fingerprint density at radius 1 is 1.03 bits per heavy atom. The number of halogens is 1. The van der Waals surface area contributed by atoms with Gasteiger partial charge in [-0.1, -0.05) is 44.2 Å². The van der Waals surface area contributed by atoms with Crippen molar-refractivity contribution in [2.75, 3.05) is 36.4 Å². The molecule has 1 N–H and O–H groups in total. The predicted octanol–water partition coefficient (Wildman–Crippen LogP) is 5.47. The van der Waals surface area contributed by atoms with Crippen LogP contribution in [0.5, 0.6) is 0 Å². The standard InChI is InChI=1S/C26H34FN3O/c1-3-19(4-2)26(31)28-22-12-13-24(23(27)18-22)29-14-16-30(17-15-29)25(21-10-11-21)20-8-6-5-7-9-20/h5-9,12-13,18-19,21,25H,3-4,10-11,14-17H2,1-2H3,(H,28,31). The number of rotatable bonds is 8. The number of piperazine rings is 1. The van der Waals surface area contributed by atoms with Gasteiger partial charge in [-0.2, -0.15) is 0 Å². The maximum absolute atomic E-state index is 14.9. The average Bonchev–Trinajstić information content (AvgIpc) is 3.61. The Balaban J connectivity index is 1.39. The lowest BCUT2D eigenvalue weighted by Crippen LogP contribution is -2.48. The third-order valence-corrected chi connectivity index (χ3v) is 6.83. The average molecular weight is 424 g/mol. The van der Waals surface area contributed by atoms with E-state index in [-0.39, 0.29) is 17.6 Å². The molecule has 2 fully saturated rings. The van der Waals surface area contributed by atoms with E-state index in [1.165, 1.54) is 24.5 Å². The molecule has 2 aromatic carbocycles. The molecule has 166 valence electrons. The summed E-state index contributed by atoms with van der Waals surface area (Å²) in [6.45, 7) is 7.50. The van der Waals surface area contributed by atoms with Gasteiger partial charge in [-0.25, -0.2) is 4.39 Å². The van der Waals surface area contributed by atoms with E-state index in [1.54, 1.807) is 0 Å². The van der Waals surface area contributed by atoms with Crippen LogP contribution >= 0.6 is 0 Å². The van der Waals surface area contributed by atoms with Crippen molar-refractivity contribution in [3.63, 3.8) is 0 Å². The molecule has 0 bridgehead atoms. The first-order valence-corrected chi connectivity index (χ1v) is 11.7. The van der Waals surface area contributed by atoms with E-state index < -0.39 is 0 Å². The summed E-state index contributed by atoms with van der Waals surface area (Å²) in [6, 6.07) is 16.4. The van der Waals surface area contributed by atoms with Crippen molar-refractivity contribution in [2.24, 2.45) is 11.8 Å². The van der Waals surface area contributed by atoms with Crippen molar-refractivity contribution in [1.82, 2.24) is 4.90 Å². The molecule has 4 nitrogen and oxygen atoms in total. The molecule has 5 heteroatoms. The Hall–Kier alpha value is -2.40. The first kappa shape index (κ1) is 21.8. The van der Waals surface area contributed by atoms with E-state index >= 15 is 0 Å². The molecule has 1 aliphatic heterocycles. The second kappa shape index (κ2) is 9.82. The van der Waals surface area contributed by atoms with Gasteiger partial charge in [0.2, 0.25) is 5.91 Å². The van der Waals surface area contributed by atoms with Gasteiger partial charge < -0.3 is 10.2 Å². The SMILES string of the molecule is CCC(CC)C(=O)Nc1ccc(N2CCN(C(c3ccccc3)C3CC3)CC2)c(F)c1. The Morgan fingerprint density at radius 3 is 2.29 bits per heavy atom. The molecule has 1 atom stereocenters. The van der Waals surface area contributed by atoms with Gasteiger partial charge in [-0.05, 0) is 55.4 Å². The maximum atomic E-state index is 14.9. The second-order valence-corrected chi connectivity index (χ2v) is 8.88. The van der Waals surface area contributed by atoms with Gasteiger partial charge in [0.25, 0.3) is 0 Å². The van der Waals surface area contributed by atoms with E-state index in [9.17, 15) is 9.18 Å². The molecular weight excluding hydrogens is 389 g/mol. The minimum Gasteiger partial charge on any atom is -0.367 e. The van der Waals surface area contributed by atoms with Gasteiger partial charge in [-0.15, -0.1) is 0 Å². The van der Waals surface area contributed by atoms with Crippen LogP contribution in [-0.2, 0) is 4.79 Å².